The van der Waals surface area contributed by atoms with Crippen LogP contribution < -0.4 is 14.8 Å². The summed E-state index contributed by atoms with van der Waals surface area (Å²) in [4.78, 5) is 29.4. The third-order valence-corrected chi connectivity index (χ3v) is 7.82. The highest BCUT2D eigenvalue weighted by Crippen LogP contribution is 2.22. The fraction of sp³-hybridized carbons (Fsp3) is 0.394. The Morgan fingerprint density at radius 3 is 2.33 bits per heavy atom. The molecule has 1 N–H and O–H groups in total. The van der Waals surface area contributed by atoms with Gasteiger partial charge in [-0.15, -0.1) is 0 Å². The lowest BCUT2D eigenvalue weighted by atomic mass is 9.94. The molecule has 40 heavy (non-hydrogen) atoms. The van der Waals surface area contributed by atoms with Crippen molar-refractivity contribution in [3.63, 3.8) is 0 Å². The van der Waals surface area contributed by atoms with Crippen LogP contribution in [0.5, 0.6) is 11.5 Å². The number of benzene rings is 3. The van der Waals surface area contributed by atoms with Gasteiger partial charge in [0.15, 0.2) is 0 Å². The van der Waals surface area contributed by atoms with E-state index in [1.165, 1.54) is 6.42 Å². The first kappa shape index (κ1) is 29.7. The lowest BCUT2D eigenvalue weighted by Gasteiger charge is -2.33. The van der Waals surface area contributed by atoms with Crippen LogP contribution in [0.3, 0.4) is 0 Å². The number of nitrogens with one attached hydrogen (secondary N) is 1. The van der Waals surface area contributed by atoms with Crippen molar-refractivity contribution < 1.29 is 19.1 Å². The maximum atomic E-state index is 13.8. The molecule has 6 nitrogen and oxygen atoms in total. The van der Waals surface area contributed by atoms with Gasteiger partial charge in [-0.3, -0.25) is 9.59 Å². The molecule has 7 heteroatoms. The average Bonchev–Trinajstić information content (AvgIpc) is 2.98. The highest BCUT2D eigenvalue weighted by Gasteiger charge is 2.31. The molecule has 0 radical (unpaired) electrons. The van der Waals surface area contributed by atoms with E-state index in [1.54, 1.807) is 12.0 Å². The van der Waals surface area contributed by atoms with Gasteiger partial charge in [0.05, 0.1) is 13.7 Å². The van der Waals surface area contributed by atoms with Gasteiger partial charge in [-0.25, -0.2) is 0 Å². The zero-order valence-electron chi connectivity index (χ0n) is 23.2. The molecule has 212 valence electrons. The van der Waals surface area contributed by atoms with Crippen LogP contribution in [0.2, 0.25) is 0 Å². The van der Waals surface area contributed by atoms with E-state index >= 15 is 0 Å². The Hall–Kier alpha value is -3.32. The molecule has 0 aliphatic heterocycles. The molecule has 0 spiro atoms. The maximum absolute atomic E-state index is 13.8. The molecule has 1 atom stereocenters. The molecule has 1 saturated carbocycles. The van der Waals surface area contributed by atoms with Gasteiger partial charge in [-0.1, -0.05) is 77.7 Å². The number of rotatable bonds is 13. The van der Waals surface area contributed by atoms with Gasteiger partial charge < -0.3 is 19.7 Å². The Bertz CT molecular complexity index is 1210. The van der Waals surface area contributed by atoms with Crippen LogP contribution in [0.15, 0.2) is 83.3 Å². The van der Waals surface area contributed by atoms with Crippen LogP contribution in [0.4, 0.5) is 0 Å². The van der Waals surface area contributed by atoms with E-state index in [4.69, 9.17) is 9.47 Å². The largest absolute Gasteiger partial charge is 0.497 e. The van der Waals surface area contributed by atoms with Crippen LogP contribution >= 0.6 is 15.9 Å². The molecule has 1 fully saturated rings. The first-order chi connectivity index (χ1) is 19.5. The van der Waals surface area contributed by atoms with Crippen molar-refractivity contribution >= 4 is 27.7 Å². The molecule has 3 aromatic rings. The van der Waals surface area contributed by atoms with Crippen molar-refractivity contribution in [3.8, 4) is 11.5 Å². The first-order valence-electron chi connectivity index (χ1n) is 14.2. The van der Waals surface area contributed by atoms with E-state index in [0.717, 1.165) is 52.8 Å². The summed E-state index contributed by atoms with van der Waals surface area (Å²) in [5, 5.41) is 3.29. The highest BCUT2D eigenvalue weighted by atomic mass is 79.9. The quantitative estimate of drug-likeness (QED) is 0.220. The predicted molar refractivity (Wildman–Crippen MR) is 161 cm³/mol. The van der Waals surface area contributed by atoms with Gasteiger partial charge in [0.1, 0.15) is 17.5 Å². The number of ether oxygens (including phenoxy) is 2. The SMILES string of the molecule is COc1ccc(OCCCC(=O)N(Cc2cccc(Br)c2)[C@H](Cc2ccccc2)C(=O)NC2CCCCC2)cc1. The summed E-state index contributed by atoms with van der Waals surface area (Å²) in [6, 6.07) is 24.8. The minimum atomic E-state index is -0.613. The molecular weight excluding hydrogens is 568 g/mol. The van der Waals surface area contributed by atoms with Crippen LogP contribution in [-0.2, 0) is 22.6 Å². The van der Waals surface area contributed by atoms with E-state index in [0.29, 0.717) is 26.0 Å². The normalized spacial score (nSPS) is 14.2. The Kier molecular flexibility index (Phi) is 11.5. The minimum absolute atomic E-state index is 0.0574. The summed E-state index contributed by atoms with van der Waals surface area (Å²) in [5.41, 5.74) is 2.00. The Morgan fingerprint density at radius 1 is 0.925 bits per heavy atom. The van der Waals surface area contributed by atoms with E-state index in [2.05, 4.69) is 21.2 Å². The van der Waals surface area contributed by atoms with E-state index in [1.807, 2.05) is 78.9 Å². The van der Waals surface area contributed by atoms with Crippen molar-refractivity contribution in [2.24, 2.45) is 0 Å². The summed E-state index contributed by atoms with van der Waals surface area (Å²) >= 11 is 3.55. The van der Waals surface area contributed by atoms with Crippen molar-refractivity contribution in [3.05, 3.63) is 94.5 Å². The fourth-order valence-electron chi connectivity index (χ4n) is 5.16. The van der Waals surface area contributed by atoms with E-state index < -0.39 is 6.04 Å². The Morgan fingerprint density at radius 2 is 1.62 bits per heavy atom. The first-order valence-corrected chi connectivity index (χ1v) is 15.0. The number of carbonyl (C=O) groups is 2. The molecule has 1 aliphatic rings. The van der Waals surface area contributed by atoms with Crippen LogP contribution in [0.25, 0.3) is 0 Å². The molecule has 3 aromatic carbocycles. The number of carbonyl (C=O) groups excluding carboxylic acids is 2. The van der Waals surface area contributed by atoms with Crippen molar-refractivity contribution in [1.29, 1.82) is 0 Å². The van der Waals surface area contributed by atoms with Crippen LogP contribution in [0.1, 0.15) is 56.1 Å². The molecule has 0 heterocycles. The minimum Gasteiger partial charge on any atom is -0.497 e. The summed E-state index contributed by atoms with van der Waals surface area (Å²) in [7, 11) is 1.63. The number of hydrogen-bond acceptors (Lipinski definition) is 4. The predicted octanol–water partition coefficient (Wildman–Crippen LogP) is 6.71. The number of amides is 2. The maximum Gasteiger partial charge on any atom is 0.243 e. The molecule has 0 bridgehead atoms. The van der Waals surface area contributed by atoms with Gasteiger partial charge >= 0.3 is 0 Å². The number of hydrogen-bond donors (Lipinski definition) is 1. The van der Waals surface area contributed by atoms with E-state index in [-0.39, 0.29) is 24.3 Å². The summed E-state index contributed by atoms with van der Waals surface area (Å²) < 4.78 is 12.0. The van der Waals surface area contributed by atoms with Crippen LogP contribution in [-0.4, -0.2) is 42.5 Å². The fourth-order valence-corrected chi connectivity index (χ4v) is 5.61. The highest BCUT2D eigenvalue weighted by molar-refractivity contribution is 9.10. The smallest absolute Gasteiger partial charge is 0.243 e. The lowest BCUT2D eigenvalue weighted by molar-refractivity contribution is -0.141. The van der Waals surface area contributed by atoms with E-state index in [9.17, 15) is 9.59 Å². The third kappa shape index (κ3) is 9.12. The summed E-state index contributed by atoms with van der Waals surface area (Å²) in [5.74, 6) is 1.36. The van der Waals surface area contributed by atoms with Crippen molar-refractivity contribution in [2.75, 3.05) is 13.7 Å². The van der Waals surface area contributed by atoms with Crippen molar-refractivity contribution in [2.45, 2.75) is 70.0 Å². The molecule has 4 rings (SSSR count). The zero-order chi connectivity index (χ0) is 28.2. The molecule has 0 unspecified atom stereocenters. The number of methoxy groups -OCH3 is 1. The second-order valence-electron chi connectivity index (χ2n) is 10.3. The second-order valence-corrected chi connectivity index (χ2v) is 11.2. The standard InChI is InChI=1S/C33H39BrN2O4/c1-39-29-17-19-30(20-18-29)40-21-9-16-32(37)36(24-26-12-8-13-27(34)22-26)31(23-25-10-4-2-5-11-25)33(38)35-28-14-6-3-7-15-28/h2,4-5,8,10-13,17-20,22,28,31H,3,6-7,9,14-16,21,23-24H2,1H3,(H,35,38)/t31-/m1/s1. The van der Waals surface area contributed by atoms with Crippen molar-refractivity contribution in [1.82, 2.24) is 10.2 Å². The summed E-state index contributed by atoms with van der Waals surface area (Å²) in [6.07, 6.45) is 6.74. The molecule has 0 aromatic heterocycles. The summed E-state index contributed by atoms with van der Waals surface area (Å²) in [6.45, 7) is 0.758. The van der Waals surface area contributed by atoms with Gasteiger partial charge in [0.25, 0.3) is 0 Å². The molecular formula is C33H39BrN2O4. The Balaban J connectivity index is 1.50. The second kappa shape index (κ2) is 15.5. The van der Waals surface area contributed by atoms with Crippen LogP contribution in [0, 0.1) is 0 Å². The molecule has 1 aliphatic carbocycles. The third-order valence-electron chi connectivity index (χ3n) is 7.33. The number of halogens is 1. The van der Waals surface area contributed by atoms with Gasteiger partial charge in [-0.05, 0) is 66.8 Å². The lowest BCUT2D eigenvalue weighted by Crippen LogP contribution is -2.52. The average molecular weight is 608 g/mol. The topological polar surface area (TPSA) is 67.9 Å². The number of nitrogens with zero attached hydrogens (tertiary/aromatic N) is 1. The van der Waals surface area contributed by atoms with Gasteiger partial charge in [0.2, 0.25) is 11.8 Å². The van der Waals surface area contributed by atoms with Gasteiger partial charge in [-0.2, -0.15) is 0 Å². The molecule has 2 amide bonds. The molecule has 0 saturated heterocycles. The zero-order valence-corrected chi connectivity index (χ0v) is 24.8. The monoisotopic (exact) mass is 606 g/mol. The van der Waals surface area contributed by atoms with Gasteiger partial charge in [0, 0.05) is 29.9 Å². The Labute approximate surface area is 246 Å².